The summed E-state index contributed by atoms with van der Waals surface area (Å²) in [4.78, 5) is 81.1. The van der Waals surface area contributed by atoms with E-state index in [1.807, 2.05) is 90.9 Å². The van der Waals surface area contributed by atoms with Crippen molar-refractivity contribution >= 4 is 74.0 Å². The van der Waals surface area contributed by atoms with E-state index < -0.39 is 99.0 Å². The Morgan fingerprint density at radius 1 is 0.592 bits per heavy atom. The van der Waals surface area contributed by atoms with Gasteiger partial charge in [0.1, 0.15) is 68.3 Å². The van der Waals surface area contributed by atoms with E-state index >= 15 is 0 Å². The molecule has 125 heavy (non-hydrogen) atoms. The summed E-state index contributed by atoms with van der Waals surface area (Å²) >= 11 is 0. The maximum Gasteiger partial charge on any atom is 0.501 e. The molecule has 34 nitrogen and oxygen atoms in total. The molecule has 1 saturated carbocycles. The maximum absolute atomic E-state index is 14.3. The molecule has 0 aromatic heterocycles. The molecule has 8 N–H and O–H groups in total. The van der Waals surface area contributed by atoms with Crippen LogP contribution in [0.1, 0.15) is 101 Å². The van der Waals surface area contributed by atoms with Crippen molar-refractivity contribution in [1.82, 2.24) is 25.8 Å². The van der Waals surface area contributed by atoms with E-state index in [-0.39, 0.29) is 114 Å². The molecule has 2 fully saturated rings. The first kappa shape index (κ1) is 90.0. The van der Waals surface area contributed by atoms with Gasteiger partial charge < -0.3 is 106 Å². The molecule has 7 aliphatic rings. The second-order valence-electron chi connectivity index (χ2n) is 32.1. The first-order valence-corrected chi connectivity index (χ1v) is 44.0. The molecule has 0 bridgehead atoms. The Hall–Kier alpha value is -11.3. The van der Waals surface area contributed by atoms with Crippen LogP contribution < -0.4 is 48.0 Å². The van der Waals surface area contributed by atoms with Gasteiger partial charge in [0.2, 0.25) is 12.2 Å². The van der Waals surface area contributed by atoms with E-state index in [1.54, 1.807) is 36.4 Å². The highest BCUT2D eigenvalue weighted by atomic mass is 32.3. The Bertz CT molecular complexity index is 5290. The van der Waals surface area contributed by atoms with Crippen LogP contribution in [0.5, 0.6) is 40.2 Å². The summed E-state index contributed by atoms with van der Waals surface area (Å²) in [5.41, 5.74) is 9.13. The first-order chi connectivity index (χ1) is 60.2. The van der Waals surface area contributed by atoms with Crippen LogP contribution in [0.3, 0.4) is 0 Å². The van der Waals surface area contributed by atoms with E-state index in [9.17, 15) is 65.8 Å². The third-order valence-electron chi connectivity index (χ3n) is 22.7. The van der Waals surface area contributed by atoms with Gasteiger partial charge in [0.15, 0.2) is 34.5 Å². The first-order valence-electron chi connectivity index (χ1n) is 41.1. The van der Waals surface area contributed by atoms with E-state index in [1.165, 1.54) is 32.4 Å². The number of ether oxygens (including phenoxy) is 10. The molecule has 0 spiro atoms. The lowest BCUT2D eigenvalue weighted by Gasteiger charge is -2.39. The largest absolute Gasteiger partial charge is 0.501 e. The molecule has 5 heterocycles. The fourth-order valence-corrected chi connectivity index (χ4v) is 17.8. The zero-order valence-electron chi connectivity index (χ0n) is 69.3. The fourth-order valence-electron chi connectivity index (χ4n) is 16.4. The van der Waals surface area contributed by atoms with Gasteiger partial charge in [0, 0.05) is 80.3 Å². The second-order valence-corrected chi connectivity index (χ2v) is 34.7. The number of nitrogens with zero attached hydrogens (tertiary/aromatic N) is 5. The molecule has 5 aliphatic heterocycles. The van der Waals surface area contributed by atoms with Gasteiger partial charge in [-0.3, -0.25) is 33.7 Å². The predicted molar refractivity (Wildman–Crippen MR) is 451 cm³/mol. The van der Waals surface area contributed by atoms with Crippen molar-refractivity contribution in [3.8, 4) is 52.1 Å². The number of aliphatic imine (C=N–C) groups is 2. The monoisotopic (exact) mass is 1760 g/mol. The number of hydrogen-bond acceptors (Lipinski definition) is 27. The number of benzene rings is 7. The van der Waals surface area contributed by atoms with Gasteiger partial charge >= 0.3 is 16.5 Å². The van der Waals surface area contributed by atoms with Crippen molar-refractivity contribution in [2.75, 3.05) is 100 Å². The molecule has 7 aromatic rings. The summed E-state index contributed by atoms with van der Waals surface area (Å²) in [6, 6.07) is 36.4. The van der Waals surface area contributed by atoms with Crippen LogP contribution in [0.15, 0.2) is 143 Å². The number of rotatable bonds is 38. The van der Waals surface area contributed by atoms with Gasteiger partial charge in [-0.15, -0.1) is 20.3 Å². The number of alkyl carbamates (subject to hydrolysis) is 1. The van der Waals surface area contributed by atoms with Gasteiger partial charge in [-0.05, 0) is 150 Å². The van der Waals surface area contributed by atoms with E-state index in [4.69, 9.17) is 65.7 Å². The molecule has 2 aliphatic carbocycles. The zero-order valence-corrected chi connectivity index (χ0v) is 71.0. The molecule has 7 aromatic carbocycles. The van der Waals surface area contributed by atoms with Crippen molar-refractivity contribution in [2.45, 2.75) is 127 Å². The zero-order chi connectivity index (χ0) is 88.1. The number of methoxy groups -OCH3 is 2. The molecular formula is C89H101N8O26S2+. The highest BCUT2D eigenvalue weighted by molar-refractivity contribution is 7.85. The average molecular weight is 1760 g/mol. The lowest BCUT2D eigenvalue weighted by Crippen LogP contribution is -2.60. The van der Waals surface area contributed by atoms with Crippen molar-refractivity contribution in [2.24, 2.45) is 27.7 Å². The SMILES string of the molecule is COc1cc2c(cc1OCc1cc(COc3cc4c(cc3OC)C(=O)N3Cc5ccccc5C[C@H]3C=N4)cc(C[N+](C)(C)Cc3ccc(OS(=O)(=O)Oc4cc(C(=O)NCCOCCOCCOCCNC(=O)[C@@H](CS(=O)(=O)O)NC(=O)OCC5[C@H]6CCC#CCC[C@@H]56)ccc4OC4O[C@H](CO)[C@H](O)[C@H](O)[C@H]4O)cc3)c1)N=C[C@@H]1Cc3ccccc3CN1C2=O. The molecule has 1 saturated heterocycles. The lowest BCUT2D eigenvalue weighted by atomic mass is 9.94. The van der Waals surface area contributed by atoms with Crippen LogP contribution in [-0.2, 0) is 101 Å². The number of nitrogens with one attached hydrogen (secondary N) is 3. The van der Waals surface area contributed by atoms with Crippen LogP contribution in [-0.4, -0.2) is 247 Å². The predicted octanol–water partition coefficient (Wildman–Crippen LogP) is 6.40. The van der Waals surface area contributed by atoms with Gasteiger partial charge in [-0.25, -0.2) is 4.79 Å². The second kappa shape index (κ2) is 40.3. The molecule has 0 radical (unpaired) electrons. The number of aliphatic hydroxyl groups is 4. The highest BCUT2D eigenvalue weighted by Crippen LogP contribution is 2.52. The maximum atomic E-state index is 14.3. The Morgan fingerprint density at radius 3 is 1.66 bits per heavy atom. The summed E-state index contributed by atoms with van der Waals surface area (Å²) in [5, 5.41) is 49.2. The van der Waals surface area contributed by atoms with E-state index in [0.29, 0.717) is 101 Å². The van der Waals surface area contributed by atoms with Crippen LogP contribution in [0, 0.1) is 29.6 Å². The van der Waals surface area contributed by atoms with Gasteiger partial charge in [-0.2, -0.15) is 8.42 Å². The third-order valence-corrected chi connectivity index (χ3v) is 24.2. The number of amides is 5. The van der Waals surface area contributed by atoms with Crippen molar-refractivity contribution in [3.05, 3.63) is 195 Å². The average Bonchev–Trinajstić information content (AvgIpc) is 1.80. The third kappa shape index (κ3) is 23.1. The van der Waals surface area contributed by atoms with E-state index in [0.717, 1.165) is 82.3 Å². The molecule has 2 unspecified atom stereocenters. The summed E-state index contributed by atoms with van der Waals surface area (Å²) in [6.45, 7) is 1.34. The number of carbonyl (C=O) groups is 5. The number of fused-ring (bicyclic) bond motifs is 7. The van der Waals surface area contributed by atoms with Gasteiger partial charge in [0.05, 0.1) is 116 Å². The normalized spacial score (nSPS) is 21.3. The van der Waals surface area contributed by atoms with E-state index in [2.05, 4.69) is 39.9 Å². The van der Waals surface area contributed by atoms with Crippen molar-refractivity contribution < 1.29 is 126 Å². The van der Waals surface area contributed by atoms with Crippen LogP contribution in [0.4, 0.5) is 16.2 Å². The fraction of sp³-hybridized carbons (Fsp3) is 0.427. The highest BCUT2D eigenvalue weighted by Gasteiger charge is 2.50. The molecule has 5 amide bonds. The standard InChI is InChI=1S/C89H100N8O26S2/c1-97(2,48-55-33-56(50-117-77-41-71-68(39-75(77)112-3)86(104)95-45-61-15-11-9-13-58(61)36-63(95)43-92-71)35-57(34-55)51-118-78-42-72-69(40-76(78)113-4)87(105)96-46-62-16-12-10-14-59(62)37-64(96)44-93-72)47-54-19-22-65(23-20-54)122-125(110,111)123-79-38-60(21-24-74(79)120-88-83(101)82(100)81(99)80(49-98)121-88)84(102)90-25-27-114-29-31-116-32-30-115-28-26-91-85(103)73(53-124(107,108)109)94-89(106)119-52-70-66-17-7-5-6-8-18-67(66)70/h9-16,19-24,33-35,38-44,63-64,66-67,70,73,80-83,88,98-101H,7-8,17-18,25-32,36-37,45-53H2,1-4H3,(H3-,90,91,94,102,103,106,107,108,109)/p+1/t63-,64-,66-,67+,70?,73+,80+,81-,82-,83+,88?/m0/s1. The van der Waals surface area contributed by atoms with Gasteiger partial charge in [0.25, 0.3) is 27.8 Å². The minimum absolute atomic E-state index is 0.00436. The number of hydrogen-bond donors (Lipinski definition) is 8. The molecule has 14 rings (SSSR count). The summed E-state index contributed by atoms with van der Waals surface area (Å²) in [7, 11) is -2.73. The molecule has 664 valence electrons. The number of carbonyl (C=O) groups excluding carboxylic acids is 5. The molecular weight excluding hydrogens is 1660 g/mol. The Balaban J connectivity index is 0.591. The van der Waals surface area contributed by atoms with Crippen molar-refractivity contribution in [3.63, 3.8) is 0 Å². The molecule has 11 atom stereocenters. The van der Waals surface area contributed by atoms with Crippen molar-refractivity contribution in [1.29, 1.82) is 0 Å². The Morgan fingerprint density at radius 2 is 1.12 bits per heavy atom. The molecule has 36 heteroatoms. The van der Waals surface area contributed by atoms with Gasteiger partial charge in [-0.1, -0.05) is 48.5 Å². The van der Waals surface area contributed by atoms with Crippen LogP contribution >= 0.6 is 0 Å². The number of quaternary nitrogens is 1. The Kier molecular flexibility index (Phi) is 29.0. The number of aliphatic hydroxyl groups excluding tert-OH is 4. The van der Waals surface area contributed by atoms with Crippen LogP contribution in [0.2, 0.25) is 0 Å². The minimum Gasteiger partial charge on any atom is -0.493 e. The smallest absolute Gasteiger partial charge is 0.493 e. The summed E-state index contributed by atoms with van der Waals surface area (Å²) < 4.78 is 131. The quantitative estimate of drug-likeness (QED) is 0.00897. The summed E-state index contributed by atoms with van der Waals surface area (Å²) in [5.74, 6) is 4.28. The minimum atomic E-state index is -5.12. The summed E-state index contributed by atoms with van der Waals surface area (Å²) in [6.07, 6.45) is -1.56. The lowest BCUT2D eigenvalue weighted by molar-refractivity contribution is -0.916. The topological polar surface area (TPSA) is 433 Å². The van der Waals surface area contributed by atoms with Crippen LogP contribution in [0.25, 0.3) is 0 Å². The Labute approximate surface area is 723 Å².